The Balaban J connectivity index is 1.53. The van der Waals surface area contributed by atoms with E-state index in [0.717, 1.165) is 0 Å². The fourth-order valence-corrected chi connectivity index (χ4v) is 3.83. The van der Waals surface area contributed by atoms with Gasteiger partial charge in [-0.1, -0.05) is 24.3 Å². The zero-order valence-electron chi connectivity index (χ0n) is 15.5. The summed E-state index contributed by atoms with van der Waals surface area (Å²) >= 11 is 0. The van der Waals surface area contributed by atoms with E-state index in [1.165, 1.54) is 30.3 Å². The maximum absolute atomic E-state index is 12.5. The molecule has 0 bridgehead atoms. The van der Waals surface area contributed by atoms with E-state index in [1.54, 1.807) is 48.7 Å². The van der Waals surface area contributed by atoms with Crippen LogP contribution in [0.3, 0.4) is 0 Å². The van der Waals surface area contributed by atoms with Gasteiger partial charge in [-0.15, -0.1) is 0 Å². The van der Waals surface area contributed by atoms with E-state index in [4.69, 9.17) is 4.42 Å². The van der Waals surface area contributed by atoms with Crippen LogP contribution in [0.2, 0.25) is 0 Å². The van der Waals surface area contributed by atoms with E-state index >= 15 is 0 Å². The summed E-state index contributed by atoms with van der Waals surface area (Å²) in [6, 6.07) is 18.9. The summed E-state index contributed by atoms with van der Waals surface area (Å²) in [6.45, 7) is 0. The first-order valence-corrected chi connectivity index (χ1v) is 10.3. The molecule has 2 aromatic carbocycles. The number of rotatable bonds is 5. The number of pyridine rings is 1. The highest BCUT2D eigenvalue weighted by molar-refractivity contribution is 7.92. The predicted octanol–water partition coefficient (Wildman–Crippen LogP) is 2.66. The number of aromatic amines is 1. The standard InChI is InChI=1S/C21H15N3O5S/c25-20(17-13-14-5-1-2-6-18(14)29-21(17)26)23-15-8-10-16(11-9-15)30(27,28)24-19-7-3-4-12-22-19/h1-13H,(H,22,24)(H,23,25)/p+1. The number of carbonyl (C=O) groups is 1. The number of amides is 1. The number of H-pyrrole nitrogens is 1. The van der Waals surface area contributed by atoms with Crippen LogP contribution in [0, 0.1) is 0 Å². The van der Waals surface area contributed by atoms with Crippen molar-refractivity contribution in [2.75, 3.05) is 10.0 Å². The minimum Gasteiger partial charge on any atom is -0.422 e. The number of fused-ring (bicyclic) bond motifs is 1. The summed E-state index contributed by atoms with van der Waals surface area (Å²) in [7, 11) is -3.80. The molecule has 0 fully saturated rings. The Morgan fingerprint density at radius 3 is 2.40 bits per heavy atom. The second-order valence-corrected chi connectivity index (χ2v) is 8.03. The molecule has 0 aliphatic rings. The molecule has 1 amide bonds. The monoisotopic (exact) mass is 422 g/mol. The van der Waals surface area contributed by atoms with E-state index in [9.17, 15) is 18.0 Å². The number of nitrogens with one attached hydrogen (secondary N) is 3. The zero-order chi connectivity index (χ0) is 21.1. The second kappa shape index (κ2) is 7.80. The molecule has 0 aliphatic heterocycles. The lowest BCUT2D eigenvalue weighted by molar-refractivity contribution is -0.360. The van der Waals surface area contributed by atoms with Gasteiger partial charge in [-0.2, -0.15) is 13.1 Å². The van der Waals surface area contributed by atoms with Crippen LogP contribution in [-0.4, -0.2) is 14.3 Å². The van der Waals surface area contributed by atoms with Gasteiger partial charge >= 0.3 is 15.6 Å². The molecule has 0 spiro atoms. The van der Waals surface area contributed by atoms with Gasteiger partial charge in [-0.25, -0.2) is 9.78 Å². The van der Waals surface area contributed by atoms with Crippen molar-refractivity contribution < 1.29 is 22.6 Å². The molecule has 0 saturated carbocycles. The molecule has 2 heterocycles. The summed E-state index contributed by atoms with van der Waals surface area (Å²) in [5.41, 5.74) is -0.185. The van der Waals surface area contributed by atoms with Gasteiger partial charge in [-0.3, -0.25) is 4.79 Å². The minimum atomic E-state index is -3.80. The topological polar surface area (TPSA) is 120 Å². The van der Waals surface area contributed by atoms with E-state index in [0.29, 0.717) is 22.5 Å². The lowest BCUT2D eigenvalue weighted by Crippen LogP contribution is -2.21. The van der Waals surface area contributed by atoms with Crippen molar-refractivity contribution in [3.63, 3.8) is 0 Å². The average Bonchev–Trinajstić information content (AvgIpc) is 2.74. The van der Waals surface area contributed by atoms with Gasteiger partial charge in [0.05, 0.1) is 6.20 Å². The molecule has 0 aliphatic carbocycles. The maximum atomic E-state index is 12.5. The molecule has 150 valence electrons. The number of hydrogen-bond donors (Lipinski definition) is 2. The third kappa shape index (κ3) is 4.06. The molecule has 8 nitrogen and oxygen atoms in total. The number of anilines is 2. The van der Waals surface area contributed by atoms with E-state index < -0.39 is 21.6 Å². The smallest absolute Gasteiger partial charge is 0.349 e. The molecule has 4 rings (SSSR count). The van der Waals surface area contributed by atoms with Crippen molar-refractivity contribution in [3.8, 4) is 0 Å². The Morgan fingerprint density at radius 2 is 1.67 bits per heavy atom. The molecule has 4 aromatic rings. The van der Waals surface area contributed by atoms with E-state index in [-0.39, 0.29) is 10.5 Å². The van der Waals surface area contributed by atoms with Crippen LogP contribution in [0.4, 0.5) is 11.5 Å². The van der Waals surface area contributed by atoms with Crippen molar-refractivity contribution in [1.29, 1.82) is 0 Å². The molecule has 0 atom stereocenters. The van der Waals surface area contributed by atoms with Gasteiger partial charge in [0.25, 0.3) is 11.7 Å². The summed E-state index contributed by atoms with van der Waals surface area (Å²) in [5.74, 6) is -0.333. The first-order chi connectivity index (χ1) is 14.4. The van der Waals surface area contributed by atoms with Crippen LogP contribution < -0.4 is 20.6 Å². The lowest BCUT2D eigenvalue weighted by Gasteiger charge is -2.06. The number of aromatic nitrogens is 1. The molecular weight excluding hydrogens is 406 g/mol. The van der Waals surface area contributed by atoms with E-state index in [1.807, 2.05) is 0 Å². The summed E-state index contributed by atoms with van der Waals surface area (Å²) < 4.78 is 32.5. The van der Waals surface area contributed by atoms with Crippen LogP contribution in [0.25, 0.3) is 11.0 Å². The lowest BCUT2D eigenvalue weighted by atomic mass is 10.1. The zero-order valence-corrected chi connectivity index (χ0v) is 16.3. The highest BCUT2D eigenvalue weighted by Gasteiger charge is 2.20. The second-order valence-electron chi connectivity index (χ2n) is 6.35. The molecule has 0 saturated heterocycles. The van der Waals surface area contributed by atoms with Gasteiger partial charge in [-0.05, 0) is 42.5 Å². The Kier molecular flexibility index (Phi) is 5.03. The Hall–Kier alpha value is -3.98. The van der Waals surface area contributed by atoms with Gasteiger partial charge in [0.1, 0.15) is 16.0 Å². The molecule has 30 heavy (non-hydrogen) atoms. The Labute approximate surface area is 171 Å². The van der Waals surface area contributed by atoms with Gasteiger partial charge in [0.2, 0.25) is 0 Å². The van der Waals surface area contributed by atoms with Crippen LogP contribution in [0.1, 0.15) is 10.4 Å². The largest absolute Gasteiger partial charge is 0.422 e. The molecule has 0 unspecified atom stereocenters. The fourth-order valence-electron chi connectivity index (χ4n) is 2.80. The van der Waals surface area contributed by atoms with Crippen LogP contribution in [0.5, 0.6) is 0 Å². The third-order valence-corrected chi connectivity index (χ3v) is 5.64. The quantitative estimate of drug-likeness (QED) is 0.479. The first kappa shape index (κ1) is 19.3. The van der Waals surface area contributed by atoms with Gasteiger partial charge in [0, 0.05) is 17.1 Å². The van der Waals surface area contributed by atoms with Crippen LogP contribution in [0.15, 0.2) is 93.1 Å². The van der Waals surface area contributed by atoms with Crippen molar-refractivity contribution in [2.45, 2.75) is 4.90 Å². The Bertz CT molecular complexity index is 1380. The van der Waals surface area contributed by atoms with Crippen molar-refractivity contribution >= 4 is 38.4 Å². The minimum absolute atomic E-state index is 0.0166. The number of benzene rings is 2. The number of carbonyl (C=O) groups excluding carboxylic acids is 1. The highest BCUT2D eigenvalue weighted by atomic mass is 32.2. The summed E-state index contributed by atoms with van der Waals surface area (Å²) in [4.78, 5) is 27.4. The maximum Gasteiger partial charge on any atom is 0.349 e. The van der Waals surface area contributed by atoms with Gasteiger partial charge < -0.3 is 9.73 Å². The summed E-state index contributed by atoms with van der Waals surface area (Å²) in [6.07, 6.45) is 1.60. The van der Waals surface area contributed by atoms with Crippen LogP contribution >= 0.6 is 0 Å². The number of para-hydroxylation sites is 1. The normalized spacial score (nSPS) is 11.2. The number of sulfonamides is 1. The van der Waals surface area contributed by atoms with Crippen LogP contribution in [-0.2, 0) is 10.0 Å². The van der Waals surface area contributed by atoms with Crippen molar-refractivity contribution in [2.24, 2.45) is 0 Å². The number of hydrogen-bond acceptors (Lipinski definition) is 5. The average molecular weight is 422 g/mol. The molecular formula is C21H16N3O5S+. The van der Waals surface area contributed by atoms with E-state index in [2.05, 4.69) is 15.0 Å². The van der Waals surface area contributed by atoms with Crippen molar-refractivity contribution in [1.82, 2.24) is 0 Å². The molecule has 3 N–H and O–H groups in total. The van der Waals surface area contributed by atoms with Crippen molar-refractivity contribution in [3.05, 3.63) is 95.0 Å². The fraction of sp³-hybridized carbons (Fsp3) is 0. The SMILES string of the molecule is O=C(Nc1ccc(S(=O)(=O)Nc2cccc[nH+]2)cc1)c1cc2ccccc2oc1=O. The first-order valence-electron chi connectivity index (χ1n) is 8.86. The third-order valence-electron chi connectivity index (χ3n) is 4.26. The Morgan fingerprint density at radius 1 is 0.933 bits per heavy atom. The molecule has 2 aromatic heterocycles. The predicted molar refractivity (Wildman–Crippen MR) is 111 cm³/mol. The summed E-state index contributed by atoms with van der Waals surface area (Å²) in [5, 5.41) is 3.19. The highest BCUT2D eigenvalue weighted by Crippen LogP contribution is 2.18. The molecule has 9 heteroatoms. The van der Waals surface area contributed by atoms with Gasteiger partial charge in [0.15, 0.2) is 0 Å². The molecule has 0 radical (unpaired) electrons.